The zero-order chi connectivity index (χ0) is 30.0. The maximum atomic E-state index is 13.4. The number of aliphatic hydroxyl groups is 1. The number of nitrogens with two attached hydrogens (primary N) is 1. The average Bonchev–Trinajstić information content (AvgIpc) is 2.93. The van der Waals surface area contributed by atoms with E-state index in [0.717, 1.165) is 5.57 Å². The van der Waals surface area contributed by atoms with Gasteiger partial charge in [0.1, 0.15) is 6.04 Å². The molecule has 1 aromatic carbocycles. The predicted octanol–water partition coefficient (Wildman–Crippen LogP) is 2.90. The lowest BCUT2D eigenvalue weighted by Crippen LogP contribution is -2.45. The van der Waals surface area contributed by atoms with Gasteiger partial charge in [-0.3, -0.25) is 9.35 Å². The van der Waals surface area contributed by atoms with Gasteiger partial charge in [-0.05, 0) is 55.0 Å². The lowest BCUT2D eigenvalue weighted by atomic mass is 9.82. The molecule has 41 heavy (non-hydrogen) atoms. The number of anilines is 1. The van der Waals surface area contributed by atoms with E-state index in [2.05, 4.69) is 34.3 Å². The summed E-state index contributed by atoms with van der Waals surface area (Å²) in [5.74, 6) is 0.117. The van der Waals surface area contributed by atoms with Crippen LogP contribution in [0, 0.1) is 17.8 Å². The number of nitrogens with zero attached hydrogens (tertiary/aromatic N) is 1. The molecule has 1 amide bonds. The van der Waals surface area contributed by atoms with Gasteiger partial charge >= 0.3 is 0 Å². The number of carbonyl (C=O) groups is 1. The van der Waals surface area contributed by atoms with Crippen molar-refractivity contribution in [2.24, 2.45) is 17.8 Å². The summed E-state index contributed by atoms with van der Waals surface area (Å²) in [5, 5.41) is 12.9. The Morgan fingerprint density at radius 2 is 1.78 bits per heavy atom. The first kappa shape index (κ1) is 32.9. The highest BCUT2D eigenvalue weighted by molar-refractivity contribution is 7.89. The van der Waals surface area contributed by atoms with E-state index < -0.39 is 39.3 Å². The van der Waals surface area contributed by atoms with Crippen LogP contribution in [0.15, 0.2) is 77.3 Å². The monoisotopic (exact) mass is 606 g/mol. The van der Waals surface area contributed by atoms with Crippen LogP contribution in [-0.2, 0) is 26.1 Å². The standard InChI is InChI=1S/C29H42N4O6S2/c1-21(2)19-33(41(38,39)27-14-12-25(30)13-15-27)26(20-34)9-5-6-16-31-29(35)28(32-40(36)37)18-22-10-11-23-7-3-4-8-24(23)17-22/h3-4,7-8,10-15,17,21,23-24,26,28,32,34H,5-6,9,16,18-20,30H2,1-2H3,(H,31,35)(H,36,37)/t23?,24?,26-,28-/m0/s1. The van der Waals surface area contributed by atoms with E-state index in [1.807, 2.05) is 32.1 Å². The number of fused-ring (bicyclic) bond motifs is 1. The van der Waals surface area contributed by atoms with Gasteiger partial charge in [-0.25, -0.2) is 17.3 Å². The molecule has 5 atom stereocenters. The number of nitrogen functional groups attached to an aromatic ring is 1. The summed E-state index contributed by atoms with van der Waals surface area (Å²) < 4.78 is 51.5. The summed E-state index contributed by atoms with van der Waals surface area (Å²) >= 11 is -2.37. The van der Waals surface area contributed by atoms with E-state index in [-0.39, 0.29) is 42.2 Å². The molecule has 2 aliphatic carbocycles. The van der Waals surface area contributed by atoms with Crippen molar-refractivity contribution in [2.75, 3.05) is 25.4 Å². The molecule has 1 aromatic rings. The van der Waals surface area contributed by atoms with Crippen LogP contribution < -0.4 is 15.8 Å². The van der Waals surface area contributed by atoms with Crippen LogP contribution >= 0.6 is 0 Å². The molecule has 226 valence electrons. The number of allylic oxidation sites excluding steroid dienone is 7. The van der Waals surface area contributed by atoms with Gasteiger partial charge in [0.05, 0.1) is 11.5 Å². The molecular formula is C29H42N4O6S2. The van der Waals surface area contributed by atoms with Gasteiger partial charge in [0, 0.05) is 36.7 Å². The smallest absolute Gasteiger partial charge is 0.243 e. The highest BCUT2D eigenvalue weighted by atomic mass is 32.2. The van der Waals surface area contributed by atoms with Gasteiger partial charge in [0.15, 0.2) is 0 Å². The van der Waals surface area contributed by atoms with Crippen molar-refractivity contribution in [3.63, 3.8) is 0 Å². The quantitative estimate of drug-likeness (QED) is 0.110. The normalized spacial score (nSPS) is 20.5. The van der Waals surface area contributed by atoms with Crippen molar-refractivity contribution in [3.05, 3.63) is 72.4 Å². The molecule has 0 radical (unpaired) electrons. The number of hydrogen-bond acceptors (Lipinski definition) is 6. The average molecular weight is 607 g/mol. The van der Waals surface area contributed by atoms with Crippen molar-refractivity contribution in [3.8, 4) is 0 Å². The first-order valence-corrected chi connectivity index (χ1v) is 16.4. The molecule has 3 unspecified atom stereocenters. The molecule has 0 bridgehead atoms. The lowest BCUT2D eigenvalue weighted by molar-refractivity contribution is -0.122. The second-order valence-electron chi connectivity index (χ2n) is 10.8. The largest absolute Gasteiger partial charge is 0.399 e. The van der Waals surface area contributed by atoms with Gasteiger partial charge < -0.3 is 16.2 Å². The van der Waals surface area contributed by atoms with Crippen LogP contribution in [0.25, 0.3) is 0 Å². The SMILES string of the molecule is CC(C)CN([C@H](CO)CCCCNC(=O)[C@H](CC1=CC2C=CC=CC2C=C1)NS(=O)O)S(=O)(=O)c1ccc(N)cc1. The number of benzene rings is 1. The Bertz CT molecular complexity index is 1270. The zero-order valence-corrected chi connectivity index (χ0v) is 25.2. The molecule has 12 heteroatoms. The fraction of sp³-hybridized carbons (Fsp3) is 0.483. The summed E-state index contributed by atoms with van der Waals surface area (Å²) in [7, 11) is -3.86. The number of nitrogens with one attached hydrogen (secondary N) is 2. The van der Waals surface area contributed by atoms with E-state index >= 15 is 0 Å². The number of amides is 1. The van der Waals surface area contributed by atoms with E-state index in [0.29, 0.717) is 31.5 Å². The maximum absolute atomic E-state index is 13.4. The summed E-state index contributed by atoms with van der Waals surface area (Å²) in [6, 6.07) is 4.48. The van der Waals surface area contributed by atoms with Crippen LogP contribution in [0.3, 0.4) is 0 Å². The molecule has 6 N–H and O–H groups in total. The minimum Gasteiger partial charge on any atom is -0.399 e. The maximum Gasteiger partial charge on any atom is 0.243 e. The topological polar surface area (TPSA) is 162 Å². The van der Waals surface area contributed by atoms with Gasteiger partial charge in [0.25, 0.3) is 0 Å². The summed E-state index contributed by atoms with van der Waals surface area (Å²) in [5.41, 5.74) is 7.09. The number of sulfonamides is 1. The van der Waals surface area contributed by atoms with Crippen molar-refractivity contribution in [2.45, 2.75) is 56.5 Å². The third-order valence-electron chi connectivity index (χ3n) is 7.07. The molecule has 0 aliphatic heterocycles. The number of aliphatic hydroxyl groups excluding tert-OH is 1. The second kappa shape index (κ2) is 15.6. The minimum absolute atomic E-state index is 0.0408. The zero-order valence-electron chi connectivity index (χ0n) is 23.6. The first-order valence-electron chi connectivity index (χ1n) is 13.9. The van der Waals surface area contributed by atoms with Crippen molar-refractivity contribution in [1.82, 2.24) is 14.3 Å². The first-order chi connectivity index (χ1) is 19.5. The molecular weight excluding hydrogens is 564 g/mol. The van der Waals surface area contributed by atoms with E-state index in [4.69, 9.17) is 5.73 Å². The van der Waals surface area contributed by atoms with Crippen molar-refractivity contribution < 1.29 is 27.1 Å². The third kappa shape index (κ3) is 9.73. The Morgan fingerprint density at radius 3 is 2.41 bits per heavy atom. The number of carbonyl (C=O) groups excluding carboxylic acids is 1. The molecule has 10 nitrogen and oxygen atoms in total. The summed E-state index contributed by atoms with van der Waals surface area (Å²) in [6.07, 6.45) is 16.0. The summed E-state index contributed by atoms with van der Waals surface area (Å²) in [6.45, 7) is 4.05. The van der Waals surface area contributed by atoms with Gasteiger partial charge in [0.2, 0.25) is 27.2 Å². The molecule has 2 aliphatic rings. The Balaban J connectivity index is 1.55. The Labute approximate surface area is 245 Å². The molecule has 0 fully saturated rings. The van der Waals surface area contributed by atoms with E-state index in [1.165, 1.54) is 28.6 Å². The van der Waals surface area contributed by atoms with Gasteiger partial charge in [-0.1, -0.05) is 62.8 Å². The Kier molecular flexibility index (Phi) is 12.5. The number of rotatable bonds is 16. The van der Waals surface area contributed by atoms with E-state index in [1.54, 1.807) is 0 Å². The lowest BCUT2D eigenvalue weighted by Gasteiger charge is -2.31. The molecule has 0 heterocycles. The second-order valence-corrected chi connectivity index (χ2v) is 13.4. The van der Waals surface area contributed by atoms with Crippen molar-refractivity contribution >= 4 is 32.9 Å². The van der Waals surface area contributed by atoms with Crippen LogP contribution in [0.2, 0.25) is 0 Å². The molecule has 0 saturated carbocycles. The Hall–Kier alpha value is -2.61. The van der Waals surface area contributed by atoms with Crippen LogP contribution in [0.4, 0.5) is 5.69 Å². The molecule has 0 aromatic heterocycles. The van der Waals surface area contributed by atoms with Gasteiger partial charge in [-0.2, -0.15) is 4.31 Å². The minimum atomic E-state index is -3.86. The fourth-order valence-corrected chi connectivity index (χ4v) is 7.21. The van der Waals surface area contributed by atoms with Crippen LogP contribution in [0.5, 0.6) is 0 Å². The molecule has 0 spiro atoms. The fourth-order valence-electron chi connectivity index (χ4n) is 4.96. The van der Waals surface area contributed by atoms with Gasteiger partial charge in [-0.15, -0.1) is 0 Å². The van der Waals surface area contributed by atoms with Crippen molar-refractivity contribution in [1.29, 1.82) is 0 Å². The van der Waals surface area contributed by atoms with Crippen LogP contribution in [0.1, 0.15) is 39.5 Å². The highest BCUT2D eigenvalue weighted by Crippen LogP contribution is 2.29. The molecule has 3 rings (SSSR count). The number of unbranched alkanes of at least 4 members (excludes halogenated alkanes) is 1. The van der Waals surface area contributed by atoms with E-state index in [9.17, 15) is 27.1 Å². The predicted molar refractivity (Wildman–Crippen MR) is 162 cm³/mol. The third-order valence-corrected chi connectivity index (χ3v) is 9.49. The van der Waals surface area contributed by atoms with Crippen LogP contribution in [-0.4, -0.2) is 64.3 Å². The molecule has 0 saturated heterocycles. The summed E-state index contributed by atoms with van der Waals surface area (Å²) in [4.78, 5) is 13.0. The Morgan fingerprint density at radius 1 is 1.10 bits per heavy atom. The number of hydrogen-bond donors (Lipinski definition) is 5. The highest BCUT2D eigenvalue weighted by Gasteiger charge is 2.31.